The Morgan fingerprint density at radius 2 is 1.97 bits per heavy atom. The molecule has 39 heavy (non-hydrogen) atoms. The van der Waals surface area contributed by atoms with Gasteiger partial charge in [0.15, 0.2) is 5.01 Å². The molecule has 1 amide bonds. The van der Waals surface area contributed by atoms with Crippen LogP contribution >= 0.6 is 22.9 Å². The summed E-state index contributed by atoms with van der Waals surface area (Å²) in [5.41, 5.74) is 3.21. The summed E-state index contributed by atoms with van der Waals surface area (Å²) in [5.74, 6) is 0.433. The minimum Gasteiger partial charge on any atom is -0.481 e. The number of ether oxygens (including phenoxy) is 1. The van der Waals surface area contributed by atoms with Gasteiger partial charge in [-0.1, -0.05) is 41.1 Å². The van der Waals surface area contributed by atoms with Crippen LogP contribution in [0, 0.1) is 5.82 Å². The third-order valence-electron chi connectivity index (χ3n) is 6.90. The molecular formula is C28H24ClFN6O2S. The van der Waals surface area contributed by atoms with Gasteiger partial charge in [-0.25, -0.2) is 19.3 Å². The smallest absolute Gasteiger partial charge is 0.280 e. The number of methoxy groups -OCH3 is 1. The highest BCUT2D eigenvalue weighted by atomic mass is 35.5. The predicted molar refractivity (Wildman–Crippen MR) is 149 cm³/mol. The molecule has 6 rings (SSSR count). The number of amides is 1. The van der Waals surface area contributed by atoms with Crippen molar-refractivity contribution in [3.8, 4) is 28.7 Å². The maximum absolute atomic E-state index is 15.1. The lowest BCUT2D eigenvalue weighted by Crippen LogP contribution is -2.39. The van der Waals surface area contributed by atoms with Crippen LogP contribution < -0.4 is 10.1 Å². The summed E-state index contributed by atoms with van der Waals surface area (Å²) >= 11 is 7.13. The van der Waals surface area contributed by atoms with Gasteiger partial charge in [-0.15, -0.1) is 0 Å². The zero-order valence-corrected chi connectivity index (χ0v) is 22.5. The van der Waals surface area contributed by atoms with Crippen LogP contribution in [0.2, 0.25) is 4.34 Å². The van der Waals surface area contributed by atoms with Gasteiger partial charge in [0.05, 0.1) is 42.0 Å². The second-order valence-corrected chi connectivity index (χ2v) is 11.0. The van der Waals surface area contributed by atoms with Crippen molar-refractivity contribution >= 4 is 39.9 Å². The molecule has 198 valence electrons. The van der Waals surface area contributed by atoms with Gasteiger partial charge >= 0.3 is 0 Å². The lowest BCUT2D eigenvalue weighted by atomic mass is 9.90. The van der Waals surface area contributed by atoms with Crippen LogP contribution in [0.5, 0.6) is 5.88 Å². The Balaban J connectivity index is 1.41. The standard InChI is InChI=1S/C28H24ClFN6O2S/c1-38-25-11-5-10-20(34-25)21-13-23-22(14-31-21)35-26(18-8-2-3-9-19(18)30)36(23)17-7-4-6-16(12-17)33-27(37)28-32-15-24(29)39-28/h2-3,5,8-11,13-17H,4,6-7,12H2,1H3,(H,33,37). The quantitative estimate of drug-likeness (QED) is 0.260. The maximum Gasteiger partial charge on any atom is 0.280 e. The van der Waals surface area contributed by atoms with Gasteiger partial charge in [-0.2, -0.15) is 0 Å². The number of fused-ring (bicyclic) bond motifs is 1. The molecule has 2 atom stereocenters. The summed E-state index contributed by atoms with van der Waals surface area (Å²) in [6.45, 7) is 0. The Morgan fingerprint density at radius 3 is 2.77 bits per heavy atom. The van der Waals surface area contributed by atoms with E-state index in [0.29, 0.717) is 49.9 Å². The molecular weight excluding hydrogens is 539 g/mol. The number of aromatic nitrogens is 5. The van der Waals surface area contributed by atoms with Crippen molar-refractivity contribution in [3.63, 3.8) is 0 Å². The fraction of sp³-hybridized carbons (Fsp3) is 0.250. The van der Waals surface area contributed by atoms with Crippen LogP contribution in [-0.4, -0.2) is 43.6 Å². The largest absolute Gasteiger partial charge is 0.481 e. The number of carbonyl (C=O) groups is 1. The maximum atomic E-state index is 15.1. The molecule has 1 fully saturated rings. The van der Waals surface area contributed by atoms with E-state index in [-0.39, 0.29) is 23.8 Å². The number of thiazole rings is 1. The van der Waals surface area contributed by atoms with E-state index in [1.54, 1.807) is 37.6 Å². The van der Waals surface area contributed by atoms with E-state index in [0.717, 1.165) is 36.1 Å². The predicted octanol–water partition coefficient (Wildman–Crippen LogP) is 6.33. The summed E-state index contributed by atoms with van der Waals surface area (Å²) in [4.78, 5) is 30.9. The first-order chi connectivity index (χ1) is 19.0. The second kappa shape index (κ2) is 10.7. The summed E-state index contributed by atoms with van der Waals surface area (Å²) in [6, 6.07) is 14.0. The van der Waals surface area contributed by atoms with Crippen molar-refractivity contribution in [3.05, 3.63) is 76.1 Å². The lowest BCUT2D eigenvalue weighted by Gasteiger charge is -2.32. The number of benzene rings is 1. The number of imidazole rings is 1. The average Bonchev–Trinajstić information content (AvgIpc) is 3.57. The Morgan fingerprint density at radius 1 is 1.10 bits per heavy atom. The first-order valence-corrected chi connectivity index (χ1v) is 13.8. The monoisotopic (exact) mass is 562 g/mol. The Bertz CT molecular complexity index is 1670. The van der Waals surface area contributed by atoms with E-state index in [4.69, 9.17) is 21.3 Å². The number of hydrogen-bond acceptors (Lipinski definition) is 7. The van der Waals surface area contributed by atoms with Crippen LogP contribution in [0.3, 0.4) is 0 Å². The zero-order valence-electron chi connectivity index (χ0n) is 21.0. The normalized spacial score (nSPS) is 17.3. The second-order valence-electron chi connectivity index (χ2n) is 9.37. The Hall–Kier alpha value is -3.89. The molecule has 5 aromatic rings. The molecule has 0 aliphatic heterocycles. The van der Waals surface area contributed by atoms with Crippen molar-refractivity contribution in [2.24, 2.45) is 0 Å². The van der Waals surface area contributed by atoms with Crippen molar-refractivity contribution in [2.45, 2.75) is 37.8 Å². The lowest BCUT2D eigenvalue weighted by molar-refractivity contribution is 0.0920. The number of pyridine rings is 2. The Kier molecular flexibility index (Phi) is 6.97. The van der Waals surface area contributed by atoms with E-state index >= 15 is 4.39 Å². The van der Waals surface area contributed by atoms with Crippen LogP contribution in [0.25, 0.3) is 33.8 Å². The highest BCUT2D eigenvalue weighted by Gasteiger charge is 2.29. The van der Waals surface area contributed by atoms with Gasteiger partial charge in [-0.05, 0) is 49.9 Å². The van der Waals surface area contributed by atoms with E-state index in [9.17, 15) is 4.79 Å². The van der Waals surface area contributed by atoms with Crippen LogP contribution in [0.4, 0.5) is 4.39 Å². The summed E-state index contributed by atoms with van der Waals surface area (Å²) in [6.07, 6.45) is 6.42. The van der Waals surface area contributed by atoms with E-state index < -0.39 is 0 Å². The minimum absolute atomic E-state index is 0.0305. The SMILES string of the molecule is COc1cccc(-c2cc3c(cn2)nc(-c2ccccc2F)n3C2CCCC(NC(=O)c3ncc(Cl)s3)C2)n1. The van der Waals surface area contributed by atoms with Crippen molar-refractivity contribution in [2.75, 3.05) is 7.11 Å². The molecule has 1 N–H and O–H groups in total. The number of carbonyl (C=O) groups excluding carboxylic acids is 1. The fourth-order valence-electron chi connectivity index (χ4n) is 5.15. The van der Waals surface area contributed by atoms with Gasteiger partial charge < -0.3 is 14.6 Å². The summed E-state index contributed by atoms with van der Waals surface area (Å²) in [5, 5.41) is 3.45. The molecule has 1 aliphatic rings. The highest BCUT2D eigenvalue weighted by molar-refractivity contribution is 7.17. The Labute approximate surface area is 232 Å². The average molecular weight is 563 g/mol. The van der Waals surface area contributed by atoms with E-state index in [1.807, 2.05) is 18.2 Å². The molecule has 1 aliphatic carbocycles. The zero-order chi connectivity index (χ0) is 26.9. The third-order valence-corrected chi connectivity index (χ3v) is 8.02. The van der Waals surface area contributed by atoms with Gasteiger partial charge in [0.25, 0.3) is 5.91 Å². The van der Waals surface area contributed by atoms with E-state index in [2.05, 4.69) is 24.8 Å². The molecule has 0 saturated heterocycles. The molecule has 1 saturated carbocycles. The number of nitrogens with one attached hydrogen (secondary N) is 1. The van der Waals surface area contributed by atoms with Crippen LogP contribution in [-0.2, 0) is 0 Å². The first kappa shape index (κ1) is 25.4. The van der Waals surface area contributed by atoms with Crippen molar-refractivity contribution in [1.82, 2.24) is 29.8 Å². The number of halogens is 2. The van der Waals surface area contributed by atoms with Gasteiger partial charge in [0.1, 0.15) is 21.5 Å². The molecule has 4 heterocycles. The van der Waals surface area contributed by atoms with Gasteiger partial charge in [-0.3, -0.25) is 9.78 Å². The van der Waals surface area contributed by atoms with Gasteiger partial charge in [0.2, 0.25) is 5.88 Å². The topological polar surface area (TPSA) is 94.8 Å². The summed E-state index contributed by atoms with van der Waals surface area (Å²) < 4.78 is 22.9. The molecule has 4 aromatic heterocycles. The van der Waals surface area contributed by atoms with Crippen LogP contribution in [0.15, 0.2) is 60.9 Å². The molecule has 0 bridgehead atoms. The molecule has 8 nitrogen and oxygen atoms in total. The number of nitrogens with zero attached hydrogens (tertiary/aromatic N) is 5. The van der Waals surface area contributed by atoms with Crippen molar-refractivity contribution in [1.29, 1.82) is 0 Å². The first-order valence-electron chi connectivity index (χ1n) is 12.6. The molecule has 0 radical (unpaired) electrons. The van der Waals surface area contributed by atoms with Crippen molar-refractivity contribution < 1.29 is 13.9 Å². The third kappa shape index (κ3) is 5.09. The minimum atomic E-state index is -0.349. The summed E-state index contributed by atoms with van der Waals surface area (Å²) in [7, 11) is 1.57. The highest BCUT2D eigenvalue weighted by Crippen LogP contribution is 2.37. The molecule has 11 heteroatoms. The van der Waals surface area contributed by atoms with Gasteiger partial charge in [0, 0.05) is 18.2 Å². The molecule has 2 unspecified atom stereocenters. The molecule has 0 spiro atoms. The van der Waals surface area contributed by atoms with Crippen LogP contribution in [0.1, 0.15) is 41.5 Å². The molecule has 1 aromatic carbocycles. The fourth-order valence-corrected chi connectivity index (χ4v) is 5.96. The number of rotatable bonds is 6. The van der Waals surface area contributed by atoms with E-state index in [1.165, 1.54) is 12.3 Å². The number of hydrogen-bond donors (Lipinski definition) is 1.